The standard InChI is InChI=1S/C30H40F3NOS/c1-2-3-4-5-7-10-13-24-16-19-27-28(22-24)36-29(34-27)26-17-14-25(15-18-26)23-35-21-12-9-6-8-11-20-30(31,32)33/h14-19,22H,2-13,20-21,23H2,1H3. The number of benzene rings is 2. The van der Waals surface area contributed by atoms with Gasteiger partial charge in [-0.15, -0.1) is 11.3 Å². The Bertz CT molecular complexity index is 1010. The Hall–Kier alpha value is -1.92. The van der Waals surface area contributed by atoms with Gasteiger partial charge in [0.05, 0.1) is 16.8 Å². The van der Waals surface area contributed by atoms with E-state index in [1.807, 2.05) is 0 Å². The number of halogens is 3. The molecule has 0 saturated carbocycles. The number of fused-ring (bicyclic) bond motifs is 1. The van der Waals surface area contributed by atoms with Crippen LogP contribution in [0.3, 0.4) is 0 Å². The normalized spacial score (nSPS) is 12.0. The number of nitrogens with zero attached hydrogens (tertiary/aromatic N) is 1. The Labute approximate surface area is 218 Å². The van der Waals surface area contributed by atoms with E-state index >= 15 is 0 Å². The molecule has 0 aliphatic carbocycles. The molecule has 0 atom stereocenters. The second kappa shape index (κ2) is 15.4. The summed E-state index contributed by atoms with van der Waals surface area (Å²) in [6.45, 7) is 3.45. The van der Waals surface area contributed by atoms with E-state index in [4.69, 9.17) is 9.72 Å². The van der Waals surface area contributed by atoms with Crippen molar-refractivity contribution in [2.45, 2.75) is 103 Å². The molecule has 1 heterocycles. The second-order valence-electron chi connectivity index (χ2n) is 9.72. The minimum Gasteiger partial charge on any atom is -0.377 e. The number of aromatic nitrogens is 1. The summed E-state index contributed by atoms with van der Waals surface area (Å²) in [6.07, 6.45) is 7.85. The van der Waals surface area contributed by atoms with Crippen LogP contribution in [0.4, 0.5) is 13.2 Å². The molecule has 3 aromatic rings. The van der Waals surface area contributed by atoms with E-state index in [0.29, 0.717) is 19.6 Å². The van der Waals surface area contributed by atoms with Gasteiger partial charge in [0, 0.05) is 18.6 Å². The molecule has 2 aromatic carbocycles. The summed E-state index contributed by atoms with van der Waals surface area (Å²) >= 11 is 1.75. The largest absolute Gasteiger partial charge is 0.389 e. The minimum absolute atomic E-state index is 0.228. The first-order valence-corrected chi connectivity index (χ1v) is 14.4. The molecule has 6 heteroatoms. The SMILES string of the molecule is CCCCCCCCc1ccc2nc(-c3ccc(COCCCCCCCC(F)(F)F)cc3)sc2c1. The Balaban J connectivity index is 1.37. The number of unbranched alkanes of at least 4 members (excludes halogenated alkanes) is 9. The minimum atomic E-state index is -4.03. The molecule has 0 N–H and O–H groups in total. The lowest BCUT2D eigenvalue weighted by molar-refractivity contribution is -0.135. The van der Waals surface area contributed by atoms with Crippen molar-refractivity contribution >= 4 is 21.6 Å². The lowest BCUT2D eigenvalue weighted by atomic mass is 10.0. The number of rotatable bonds is 17. The number of thiazole rings is 1. The highest BCUT2D eigenvalue weighted by Gasteiger charge is 2.25. The highest BCUT2D eigenvalue weighted by atomic mass is 32.1. The lowest BCUT2D eigenvalue weighted by Crippen LogP contribution is -2.06. The second-order valence-corrected chi connectivity index (χ2v) is 10.8. The van der Waals surface area contributed by atoms with E-state index in [1.54, 1.807) is 11.3 Å². The van der Waals surface area contributed by atoms with Crippen molar-refractivity contribution in [2.24, 2.45) is 0 Å². The number of hydrogen-bond donors (Lipinski definition) is 0. The quantitative estimate of drug-likeness (QED) is 0.166. The Morgan fingerprint density at radius 3 is 2.19 bits per heavy atom. The molecule has 36 heavy (non-hydrogen) atoms. The van der Waals surface area contributed by atoms with Gasteiger partial charge in [-0.3, -0.25) is 0 Å². The van der Waals surface area contributed by atoms with Crippen molar-refractivity contribution in [1.29, 1.82) is 0 Å². The third-order valence-corrected chi connectivity index (χ3v) is 7.56. The summed E-state index contributed by atoms with van der Waals surface area (Å²) in [5, 5.41) is 1.04. The maximum absolute atomic E-state index is 12.1. The van der Waals surface area contributed by atoms with Crippen LogP contribution in [-0.2, 0) is 17.8 Å². The van der Waals surface area contributed by atoms with Crippen LogP contribution in [0.5, 0.6) is 0 Å². The zero-order chi connectivity index (χ0) is 25.6. The molecular formula is C30H40F3NOS. The van der Waals surface area contributed by atoms with Gasteiger partial charge in [-0.25, -0.2) is 4.98 Å². The Kier molecular flexibility index (Phi) is 12.2. The van der Waals surface area contributed by atoms with Gasteiger partial charge in [-0.1, -0.05) is 88.6 Å². The number of hydrogen-bond acceptors (Lipinski definition) is 3. The Morgan fingerprint density at radius 2 is 1.44 bits per heavy atom. The predicted molar refractivity (Wildman–Crippen MR) is 146 cm³/mol. The van der Waals surface area contributed by atoms with E-state index in [-0.39, 0.29) is 6.42 Å². The summed E-state index contributed by atoms with van der Waals surface area (Å²) in [5.74, 6) is 0. The third kappa shape index (κ3) is 10.6. The number of ether oxygens (including phenoxy) is 1. The molecule has 0 aliphatic rings. The summed E-state index contributed by atoms with van der Waals surface area (Å²) in [5.41, 5.74) is 4.71. The number of alkyl halides is 3. The van der Waals surface area contributed by atoms with Crippen LogP contribution < -0.4 is 0 Å². The Morgan fingerprint density at radius 1 is 0.778 bits per heavy atom. The van der Waals surface area contributed by atoms with Crippen molar-refractivity contribution < 1.29 is 17.9 Å². The van der Waals surface area contributed by atoms with Gasteiger partial charge in [0.15, 0.2) is 0 Å². The first-order valence-electron chi connectivity index (χ1n) is 13.6. The van der Waals surface area contributed by atoms with E-state index in [9.17, 15) is 13.2 Å². The third-order valence-electron chi connectivity index (χ3n) is 6.49. The fourth-order valence-electron chi connectivity index (χ4n) is 4.35. The van der Waals surface area contributed by atoms with Crippen LogP contribution in [0, 0.1) is 0 Å². The summed E-state index contributed by atoms with van der Waals surface area (Å²) in [6, 6.07) is 15.1. The van der Waals surface area contributed by atoms with Gasteiger partial charge in [0.25, 0.3) is 0 Å². The van der Waals surface area contributed by atoms with Crippen LogP contribution >= 0.6 is 11.3 Å². The molecule has 198 valence electrons. The highest BCUT2D eigenvalue weighted by molar-refractivity contribution is 7.21. The van der Waals surface area contributed by atoms with Crippen molar-refractivity contribution in [2.75, 3.05) is 6.61 Å². The van der Waals surface area contributed by atoms with Crippen LogP contribution in [0.1, 0.15) is 95.1 Å². The average Bonchev–Trinajstić information content (AvgIpc) is 3.28. The van der Waals surface area contributed by atoms with Crippen LogP contribution in [-0.4, -0.2) is 17.8 Å². The molecule has 1 aromatic heterocycles. The van der Waals surface area contributed by atoms with Gasteiger partial charge >= 0.3 is 6.18 Å². The van der Waals surface area contributed by atoms with Crippen LogP contribution in [0.25, 0.3) is 20.8 Å². The van der Waals surface area contributed by atoms with Crippen LogP contribution in [0.2, 0.25) is 0 Å². The van der Waals surface area contributed by atoms with Gasteiger partial charge in [0.1, 0.15) is 5.01 Å². The first kappa shape index (κ1) is 28.6. The van der Waals surface area contributed by atoms with Crippen molar-refractivity contribution in [1.82, 2.24) is 4.98 Å². The molecular weight excluding hydrogens is 479 g/mol. The molecule has 0 amide bonds. The van der Waals surface area contributed by atoms with Gasteiger partial charge in [-0.05, 0) is 48.9 Å². The van der Waals surface area contributed by atoms with Crippen molar-refractivity contribution in [3.05, 3.63) is 53.6 Å². The molecule has 0 radical (unpaired) electrons. The van der Waals surface area contributed by atoms with Gasteiger partial charge < -0.3 is 4.74 Å². The molecule has 0 aliphatic heterocycles. The van der Waals surface area contributed by atoms with Crippen LogP contribution in [0.15, 0.2) is 42.5 Å². The maximum Gasteiger partial charge on any atom is 0.389 e. The summed E-state index contributed by atoms with van der Waals surface area (Å²) in [7, 11) is 0. The molecule has 3 rings (SSSR count). The van der Waals surface area contributed by atoms with E-state index in [2.05, 4.69) is 49.4 Å². The van der Waals surface area contributed by atoms with E-state index in [1.165, 1.54) is 48.8 Å². The first-order chi connectivity index (χ1) is 17.4. The highest BCUT2D eigenvalue weighted by Crippen LogP contribution is 2.31. The van der Waals surface area contributed by atoms with Crippen molar-refractivity contribution in [3.8, 4) is 10.6 Å². The lowest BCUT2D eigenvalue weighted by Gasteiger charge is -2.07. The fraction of sp³-hybridized carbons (Fsp3) is 0.567. The van der Waals surface area contributed by atoms with E-state index < -0.39 is 12.6 Å². The average molecular weight is 520 g/mol. The maximum atomic E-state index is 12.1. The molecule has 2 nitrogen and oxygen atoms in total. The van der Waals surface area contributed by atoms with Gasteiger partial charge in [0.2, 0.25) is 0 Å². The monoisotopic (exact) mass is 519 g/mol. The topological polar surface area (TPSA) is 22.1 Å². The molecule has 0 spiro atoms. The molecule has 0 fully saturated rings. The summed E-state index contributed by atoms with van der Waals surface area (Å²) < 4.78 is 43.4. The predicted octanol–water partition coefficient (Wildman–Crippen LogP) is 10.3. The summed E-state index contributed by atoms with van der Waals surface area (Å²) in [4.78, 5) is 4.84. The molecule has 0 bridgehead atoms. The molecule has 0 unspecified atom stereocenters. The zero-order valence-electron chi connectivity index (χ0n) is 21.5. The number of aryl methyl sites for hydroxylation is 1. The van der Waals surface area contributed by atoms with Crippen molar-refractivity contribution in [3.63, 3.8) is 0 Å². The molecule has 0 saturated heterocycles. The zero-order valence-corrected chi connectivity index (χ0v) is 22.4. The smallest absolute Gasteiger partial charge is 0.377 e. The van der Waals surface area contributed by atoms with E-state index in [0.717, 1.165) is 47.3 Å². The van der Waals surface area contributed by atoms with Gasteiger partial charge in [-0.2, -0.15) is 13.2 Å². The fourth-order valence-corrected chi connectivity index (χ4v) is 5.39.